The van der Waals surface area contributed by atoms with Gasteiger partial charge in [-0.2, -0.15) is 0 Å². The van der Waals surface area contributed by atoms with Crippen molar-refractivity contribution in [3.8, 4) is 17.1 Å². The summed E-state index contributed by atoms with van der Waals surface area (Å²) in [6.07, 6.45) is 6.11. The quantitative estimate of drug-likeness (QED) is 0.333. The van der Waals surface area contributed by atoms with Crippen LogP contribution in [0.4, 0.5) is 10.2 Å². The number of aromatic nitrogens is 2. The summed E-state index contributed by atoms with van der Waals surface area (Å²) in [7, 11) is 0. The second-order valence-electron chi connectivity index (χ2n) is 9.94. The van der Waals surface area contributed by atoms with Crippen molar-refractivity contribution in [2.24, 2.45) is 0 Å². The minimum Gasteiger partial charge on any atom is -0.467 e. The topological polar surface area (TPSA) is 67.5 Å². The molecule has 37 heavy (non-hydrogen) atoms. The molecule has 0 radical (unpaired) electrons. The molecule has 1 aromatic heterocycles. The number of ether oxygens (including phenoxy) is 1. The molecular formula is C28H32Cl2FN5O. The van der Waals surface area contributed by atoms with Gasteiger partial charge in [0.05, 0.1) is 16.9 Å². The molecule has 2 aromatic carbocycles. The third-order valence-electron chi connectivity index (χ3n) is 7.32. The normalized spacial score (nSPS) is 19.4. The lowest BCUT2D eigenvalue weighted by molar-refractivity contribution is 0.185. The van der Waals surface area contributed by atoms with Crippen LogP contribution in [0.5, 0.6) is 5.88 Å². The molecule has 0 spiro atoms. The number of benzene rings is 2. The summed E-state index contributed by atoms with van der Waals surface area (Å²) in [5.74, 6) is -0.281. The largest absolute Gasteiger partial charge is 0.467 e. The van der Waals surface area contributed by atoms with Gasteiger partial charge in [0.2, 0.25) is 0 Å². The van der Waals surface area contributed by atoms with Gasteiger partial charge >= 0.3 is 0 Å². The van der Waals surface area contributed by atoms with Crippen LogP contribution in [0.3, 0.4) is 0 Å². The first-order valence-electron chi connectivity index (χ1n) is 12.9. The molecule has 2 fully saturated rings. The van der Waals surface area contributed by atoms with Crippen LogP contribution in [0, 0.1) is 5.82 Å². The maximum Gasteiger partial charge on any atom is 0.258 e. The predicted molar refractivity (Wildman–Crippen MR) is 146 cm³/mol. The monoisotopic (exact) mass is 543 g/mol. The number of halogens is 3. The number of hydrogen-bond donors (Lipinski definition) is 1. The Morgan fingerprint density at radius 3 is 2.76 bits per heavy atom. The standard InChI is InChI=1S/C28H32Cl2FN5O/c1-18(25-22(29)9-10-23(31)26(25)30)37-28-27(32)33-15-24(34-28)20-7-4-6-19(14-20)16-36-13-5-8-21(36)17-35-11-2-3-12-35/h4,6-7,9-10,14-15,18,21H,2-3,5,8,11-13,16-17H2,1H3,(H2,32,33)/t18?,21-/m1/s1. The Morgan fingerprint density at radius 2 is 1.95 bits per heavy atom. The first-order chi connectivity index (χ1) is 17.9. The molecule has 1 unspecified atom stereocenters. The maximum absolute atomic E-state index is 14.0. The lowest BCUT2D eigenvalue weighted by Gasteiger charge is -2.28. The average molecular weight is 545 g/mol. The summed E-state index contributed by atoms with van der Waals surface area (Å²) in [5.41, 5.74) is 9.22. The Kier molecular flexibility index (Phi) is 8.15. The molecule has 3 aromatic rings. The molecule has 196 valence electrons. The van der Waals surface area contributed by atoms with Gasteiger partial charge in [0, 0.05) is 35.3 Å². The van der Waals surface area contributed by atoms with Crippen LogP contribution >= 0.6 is 23.2 Å². The minimum atomic E-state index is -0.684. The summed E-state index contributed by atoms with van der Waals surface area (Å²) in [6, 6.07) is 11.6. The summed E-state index contributed by atoms with van der Waals surface area (Å²) in [5, 5.41) is 0.222. The van der Waals surface area contributed by atoms with Gasteiger partial charge < -0.3 is 15.4 Å². The number of nitrogens with two attached hydrogens (primary N) is 1. The molecule has 9 heteroatoms. The zero-order chi connectivity index (χ0) is 25.9. The van der Waals surface area contributed by atoms with Crippen molar-refractivity contribution in [3.63, 3.8) is 0 Å². The highest BCUT2D eigenvalue weighted by atomic mass is 35.5. The summed E-state index contributed by atoms with van der Waals surface area (Å²) in [6.45, 7) is 7.39. The number of anilines is 1. The van der Waals surface area contributed by atoms with Crippen LogP contribution in [0.1, 0.15) is 49.8 Å². The molecule has 2 N–H and O–H groups in total. The average Bonchev–Trinajstić information content (AvgIpc) is 3.56. The van der Waals surface area contributed by atoms with Gasteiger partial charge in [-0.3, -0.25) is 4.90 Å². The molecule has 2 aliphatic rings. The second kappa shape index (κ2) is 11.5. The lowest BCUT2D eigenvalue weighted by atomic mass is 10.1. The molecule has 2 atom stereocenters. The van der Waals surface area contributed by atoms with Crippen molar-refractivity contribution in [2.45, 2.75) is 51.3 Å². The molecule has 3 heterocycles. The lowest BCUT2D eigenvalue weighted by Crippen LogP contribution is -2.38. The van der Waals surface area contributed by atoms with E-state index in [0.717, 1.165) is 18.7 Å². The van der Waals surface area contributed by atoms with E-state index in [1.54, 1.807) is 13.1 Å². The van der Waals surface area contributed by atoms with Gasteiger partial charge in [-0.15, -0.1) is 0 Å². The highest BCUT2D eigenvalue weighted by Crippen LogP contribution is 2.36. The van der Waals surface area contributed by atoms with E-state index in [9.17, 15) is 4.39 Å². The van der Waals surface area contributed by atoms with Crippen molar-refractivity contribution >= 4 is 29.0 Å². The van der Waals surface area contributed by atoms with E-state index in [2.05, 4.69) is 31.9 Å². The molecule has 0 amide bonds. The number of likely N-dealkylation sites (tertiary alicyclic amines) is 2. The van der Waals surface area contributed by atoms with E-state index in [-0.39, 0.29) is 16.7 Å². The highest BCUT2D eigenvalue weighted by Gasteiger charge is 2.27. The minimum absolute atomic E-state index is 0.0830. The predicted octanol–water partition coefficient (Wildman–Crippen LogP) is 6.37. The van der Waals surface area contributed by atoms with Gasteiger partial charge in [0.1, 0.15) is 11.9 Å². The van der Waals surface area contributed by atoms with Gasteiger partial charge in [0.25, 0.3) is 5.88 Å². The second-order valence-corrected chi connectivity index (χ2v) is 10.7. The molecule has 0 aliphatic carbocycles. The Bertz CT molecular complexity index is 1250. The van der Waals surface area contributed by atoms with E-state index >= 15 is 0 Å². The van der Waals surface area contributed by atoms with Crippen LogP contribution in [0.15, 0.2) is 42.6 Å². The van der Waals surface area contributed by atoms with Crippen molar-refractivity contribution in [1.82, 2.24) is 19.8 Å². The number of hydrogen-bond acceptors (Lipinski definition) is 6. The van der Waals surface area contributed by atoms with Crippen molar-refractivity contribution in [3.05, 3.63) is 69.6 Å². The maximum atomic E-state index is 14.0. The van der Waals surface area contributed by atoms with E-state index in [1.807, 2.05) is 12.1 Å². The van der Waals surface area contributed by atoms with Gasteiger partial charge in [-0.05, 0) is 76.0 Å². The third-order valence-corrected chi connectivity index (χ3v) is 8.03. The fraction of sp³-hybridized carbons (Fsp3) is 0.429. The molecule has 0 bridgehead atoms. The van der Waals surface area contributed by atoms with Gasteiger partial charge in [0.15, 0.2) is 5.82 Å². The van der Waals surface area contributed by atoms with Crippen molar-refractivity contribution < 1.29 is 9.13 Å². The SMILES string of the molecule is CC(Oc1nc(-c2cccc(CN3CCC[C@@H]3CN3CCCC3)c2)cnc1N)c1c(Cl)ccc(F)c1Cl. The first-order valence-corrected chi connectivity index (χ1v) is 13.6. The molecule has 6 nitrogen and oxygen atoms in total. The fourth-order valence-electron chi connectivity index (χ4n) is 5.39. The molecule has 0 saturated carbocycles. The Morgan fingerprint density at radius 1 is 1.14 bits per heavy atom. The summed E-state index contributed by atoms with van der Waals surface area (Å²) < 4.78 is 20.0. The van der Waals surface area contributed by atoms with E-state index < -0.39 is 11.9 Å². The van der Waals surface area contributed by atoms with Gasteiger partial charge in [-0.25, -0.2) is 14.4 Å². The van der Waals surface area contributed by atoms with Crippen LogP contribution in [-0.2, 0) is 6.54 Å². The summed E-state index contributed by atoms with van der Waals surface area (Å²) >= 11 is 12.4. The van der Waals surface area contributed by atoms with Crippen LogP contribution in [-0.4, -0.2) is 52.0 Å². The van der Waals surface area contributed by atoms with E-state index in [4.69, 9.17) is 33.7 Å². The Labute approximate surface area is 227 Å². The molecular weight excluding hydrogens is 512 g/mol. The third kappa shape index (κ3) is 6.01. The zero-order valence-electron chi connectivity index (χ0n) is 21.0. The van der Waals surface area contributed by atoms with Crippen molar-refractivity contribution in [2.75, 3.05) is 31.9 Å². The molecule has 5 rings (SSSR count). The number of nitrogen functional groups attached to an aromatic ring is 1. The molecule has 2 aliphatic heterocycles. The Balaban J connectivity index is 1.32. The number of rotatable bonds is 8. The Hall–Kier alpha value is -2.45. The fourth-order valence-corrected chi connectivity index (χ4v) is 6.06. The van der Waals surface area contributed by atoms with E-state index in [0.29, 0.717) is 22.3 Å². The molecule has 2 saturated heterocycles. The van der Waals surface area contributed by atoms with E-state index in [1.165, 1.54) is 63.0 Å². The summed E-state index contributed by atoms with van der Waals surface area (Å²) in [4.78, 5) is 14.2. The van der Waals surface area contributed by atoms with Crippen LogP contribution in [0.25, 0.3) is 11.3 Å². The van der Waals surface area contributed by atoms with Crippen molar-refractivity contribution in [1.29, 1.82) is 0 Å². The first kappa shape index (κ1) is 26.2. The van der Waals surface area contributed by atoms with Crippen LogP contribution in [0.2, 0.25) is 10.0 Å². The van der Waals surface area contributed by atoms with Crippen LogP contribution < -0.4 is 10.5 Å². The number of nitrogens with zero attached hydrogens (tertiary/aromatic N) is 4. The zero-order valence-corrected chi connectivity index (χ0v) is 22.5. The smallest absolute Gasteiger partial charge is 0.258 e. The highest BCUT2D eigenvalue weighted by molar-refractivity contribution is 6.36. The van der Waals surface area contributed by atoms with Gasteiger partial charge in [-0.1, -0.05) is 41.4 Å².